The second-order valence-corrected chi connectivity index (χ2v) is 4.41. The minimum atomic E-state index is -1.22. The summed E-state index contributed by atoms with van der Waals surface area (Å²) in [6.45, 7) is 1.37. The van der Waals surface area contributed by atoms with E-state index in [9.17, 15) is 19.4 Å². The topological polar surface area (TPSA) is 70.4 Å². The van der Waals surface area contributed by atoms with E-state index in [0.717, 1.165) is 24.0 Å². The molecular formula is C10H12FNO3S. The van der Waals surface area contributed by atoms with E-state index < -0.39 is 18.0 Å². The number of pyridine rings is 1. The molecule has 0 aliphatic carbocycles. The summed E-state index contributed by atoms with van der Waals surface area (Å²) >= 11 is 0.915. The molecule has 0 saturated heterocycles. The van der Waals surface area contributed by atoms with E-state index in [2.05, 4.69) is 4.98 Å². The van der Waals surface area contributed by atoms with Gasteiger partial charge in [0.15, 0.2) is 5.12 Å². The van der Waals surface area contributed by atoms with Crippen LogP contribution in [0.5, 0.6) is 0 Å². The number of hydrogen-bond donors (Lipinski definition) is 2. The molecular weight excluding hydrogens is 233 g/mol. The molecule has 16 heavy (non-hydrogen) atoms. The maximum atomic E-state index is 12.5. The van der Waals surface area contributed by atoms with Gasteiger partial charge in [0.05, 0.1) is 18.0 Å². The molecule has 0 radical (unpaired) electrons. The van der Waals surface area contributed by atoms with Crippen LogP contribution >= 0.6 is 11.8 Å². The molecule has 0 aromatic carbocycles. The minimum absolute atomic E-state index is 0.0789. The van der Waals surface area contributed by atoms with Crippen molar-refractivity contribution in [3.8, 4) is 0 Å². The highest BCUT2D eigenvalue weighted by molar-refractivity contribution is 8.13. The zero-order valence-electron chi connectivity index (χ0n) is 8.63. The number of aliphatic hydroxyl groups excluding tert-OH is 2. The van der Waals surface area contributed by atoms with Gasteiger partial charge in [0.2, 0.25) is 0 Å². The van der Waals surface area contributed by atoms with Crippen molar-refractivity contribution in [3.05, 3.63) is 29.8 Å². The summed E-state index contributed by atoms with van der Waals surface area (Å²) in [7, 11) is 0. The number of rotatable bonds is 4. The summed E-state index contributed by atoms with van der Waals surface area (Å²) in [5, 5.41) is 19.0. The number of thioether (sulfide) groups is 1. The Morgan fingerprint density at radius 2 is 2.25 bits per heavy atom. The second kappa shape index (κ2) is 5.93. The standard InChI is InChI=1S/C10H12FNO3S/c1-6(13)16-5-9(14)10(15)8-3-2-7(11)4-12-8/h2-4,9-10,14-15H,5H2,1H3. The van der Waals surface area contributed by atoms with Crippen LogP contribution in [0.15, 0.2) is 18.3 Å². The van der Waals surface area contributed by atoms with Crippen molar-refractivity contribution in [1.82, 2.24) is 4.98 Å². The van der Waals surface area contributed by atoms with E-state index in [1.54, 1.807) is 0 Å². The van der Waals surface area contributed by atoms with Gasteiger partial charge in [-0.2, -0.15) is 0 Å². The van der Waals surface area contributed by atoms with Crippen molar-refractivity contribution < 1.29 is 19.4 Å². The third kappa shape index (κ3) is 3.88. The Morgan fingerprint density at radius 1 is 1.56 bits per heavy atom. The minimum Gasteiger partial charge on any atom is -0.389 e. The fourth-order valence-corrected chi connectivity index (χ4v) is 1.64. The largest absolute Gasteiger partial charge is 0.389 e. The first-order valence-electron chi connectivity index (χ1n) is 4.61. The molecule has 0 saturated carbocycles. The molecule has 2 atom stereocenters. The van der Waals surface area contributed by atoms with Crippen molar-refractivity contribution >= 4 is 16.9 Å². The summed E-state index contributed by atoms with van der Waals surface area (Å²) < 4.78 is 12.5. The number of aliphatic hydroxyl groups is 2. The highest BCUT2D eigenvalue weighted by atomic mass is 32.2. The predicted octanol–water partition coefficient (Wildman–Crippen LogP) is 0.895. The number of aromatic nitrogens is 1. The van der Waals surface area contributed by atoms with Gasteiger partial charge < -0.3 is 10.2 Å². The molecule has 0 aliphatic heterocycles. The van der Waals surface area contributed by atoms with Gasteiger partial charge in [0.1, 0.15) is 11.9 Å². The summed E-state index contributed by atoms with van der Waals surface area (Å²) in [6, 6.07) is 2.44. The van der Waals surface area contributed by atoms with E-state index in [0.29, 0.717) is 0 Å². The molecule has 1 heterocycles. The number of hydrogen-bond acceptors (Lipinski definition) is 5. The summed E-state index contributed by atoms with van der Waals surface area (Å²) in [5.74, 6) is -0.432. The number of nitrogens with zero attached hydrogens (tertiary/aromatic N) is 1. The van der Waals surface area contributed by atoms with Gasteiger partial charge in [-0.25, -0.2) is 4.39 Å². The fraction of sp³-hybridized carbons (Fsp3) is 0.400. The SMILES string of the molecule is CC(=O)SCC(O)C(O)c1ccc(F)cn1. The lowest BCUT2D eigenvalue weighted by atomic mass is 10.1. The van der Waals surface area contributed by atoms with Gasteiger partial charge in [-0.15, -0.1) is 0 Å². The van der Waals surface area contributed by atoms with E-state index in [1.165, 1.54) is 13.0 Å². The average molecular weight is 245 g/mol. The molecule has 0 spiro atoms. The molecule has 2 unspecified atom stereocenters. The van der Waals surface area contributed by atoms with Crippen LogP contribution in [0.1, 0.15) is 18.7 Å². The average Bonchev–Trinajstić information content (AvgIpc) is 2.26. The van der Waals surface area contributed by atoms with Crippen LogP contribution in [0.3, 0.4) is 0 Å². The molecule has 1 aromatic rings. The Labute approximate surface area is 96.5 Å². The number of carbonyl (C=O) groups is 1. The first-order valence-corrected chi connectivity index (χ1v) is 5.60. The van der Waals surface area contributed by atoms with Crippen LogP contribution in [-0.2, 0) is 4.79 Å². The Kier molecular flexibility index (Phi) is 4.85. The zero-order chi connectivity index (χ0) is 12.1. The Bertz CT molecular complexity index is 358. The Balaban J connectivity index is 2.59. The summed E-state index contributed by atoms with van der Waals surface area (Å²) in [4.78, 5) is 14.3. The molecule has 2 N–H and O–H groups in total. The molecule has 88 valence electrons. The molecule has 1 aromatic heterocycles. The van der Waals surface area contributed by atoms with Gasteiger partial charge >= 0.3 is 0 Å². The first kappa shape index (κ1) is 13.1. The van der Waals surface area contributed by atoms with Crippen molar-refractivity contribution in [3.63, 3.8) is 0 Å². The lowest BCUT2D eigenvalue weighted by molar-refractivity contribution is -0.109. The highest BCUT2D eigenvalue weighted by Gasteiger charge is 2.20. The third-order valence-corrected chi connectivity index (χ3v) is 2.79. The van der Waals surface area contributed by atoms with Crippen molar-refractivity contribution in [2.45, 2.75) is 19.1 Å². The number of halogens is 1. The van der Waals surface area contributed by atoms with Crippen LogP contribution in [-0.4, -0.2) is 32.2 Å². The van der Waals surface area contributed by atoms with Gasteiger partial charge in [0, 0.05) is 12.7 Å². The van der Waals surface area contributed by atoms with Gasteiger partial charge in [0.25, 0.3) is 0 Å². The Morgan fingerprint density at radius 3 is 2.75 bits per heavy atom. The molecule has 1 rings (SSSR count). The second-order valence-electron chi connectivity index (χ2n) is 3.22. The maximum absolute atomic E-state index is 12.5. The predicted molar refractivity (Wildman–Crippen MR) is 58.3 cm³/mol. The summed E-state index contributed by atoms with van der Waals surface area (Å²) in [5.41, 5.74) is 0.179. The molecule has 0 bridgehead atoms. The maximum Gasteiger partial charge on any atom is 0.185 e. The molecule has 4 nitrogen and oxygen atoms in total. The van der Waals surface area contributed by atoms with Gasteiger partial charge in [-0.3, -0.25) is 9.78 Å². The van der Waals surface area contributed by atoms with E-state index in [-0.39, 0.29) is 16.6 Å². The van der Waals surface area contributed by atoms with Crippen LogP contribution < -0.4 is 0 Å². The summed E-state index contributed by atoms with van der Waals surface area (Å²) in [6.07, 6.45) is -1.36. The quantitative estimate of drug-likeness (QED) is 0.824. The number of carbonyl (C=O) groups excluding carboxylic acids is 1. The van der Waals surface area contributed by atoms with E-state index in [4.69, 9.17) is 0 Å². The molecule has 0 amide bonds. The first-order chi connectivity index (χ1) is 7.50. The normalized spacial score (nSPS) is 14.5. The lowest BCUT2D eigenvalue weighted by Gasteiger charge is -2.16. The van der Waals surface area contributed by atoms with Gasteiger partial charge in [-0.05, 0) is 12.1 Å². The van der Waals surface area contributed by atoms with Crippen LogP contribution in [0.2, 0.25) is 0 Å². The van der Waals surface area contributed by atoms with Crippen LogP contribution in [0.25, 0.3) is 0 Å². The smallest absolute Gasteiger partial charge is 0.185 e. The molecule has 0 fully saturated rings. The third-order valence-electron chi connectivity index (χ3n) is 1.88. The van der Waals surface area contributed by atoms with E-state index in [1.807, 2.05) is 0 Å². The molecule has 0 aliphatic rings. The van der Waals surface area contributed by atoms with E-state index >= 15 is 0 Å². The van der Waals surface area contributed by atoms with Crippen LogP contribution in [0.4, 0.5) is 4.39 Å². The lowest BCUT2D eigenvalue weighted by Crippen LogP contribution is -2.22. The van der Waals surface area contributed by atoms with Gasteiger partial charge in [-0.1, -0.05) is 11.8 Å². The highest BCUT2D eigenvalue weighted by Crippen LogP contribution is 2.18. The Hall–Kier alpha value is -0.980. The van der Waals surface area contributed by atoms with Crippen molar-refractivity contribution in [2.75, 3.05) is 5.75 Å². The van der Waals surface area contributed by atoms with Crippen LogP contribution in [0, 0.1) is 5.82 Å². The zero-order valence-corrected chi connectivity index (χ0v) is 9.45. The van der Waals surface area contributed by atoms with Crippen molar-refractivity contribution in [2.24, 2.45) is 0 Å². The monoisotopic (exact) mass is 245 g/mol. The fourth-order valence-electron chi connectivity index (χ4n) is 1.05. The van der Waals surface area contributed by atoms with Crippen molar-refractivity contribution in [1.29, 1.82) is 0 Å². The molecule has 6 heteroatoms.